The molecule has 0 atom stereocenters. The first-order chi connectivity index (χ1) is 9.12. The van der Waals surface area contributed by atoms with Gasteiger partial charge in [-0.05, 0) is 6.42 Å². The highest BCUT2D eigenvalue weighted by molar-refractivity contribution is 5.89. The highest BCUT2D eigenvalue weighted by Crippen LogP contribution is 2.18. The van der Waals surface area contributed by atoms with Crippen molar-refractivity contribution in [1.82, 2.24) is 0 Å². The summed E-state index contributed by atoms with van der Waals surface area (Å²) in [6, 6.07) is 6.65. The molecule has 0 aromatic heterocycles. The van der Waals surface area contributed by atoms with Crippen molar-refractivity contribution < 1.29 is 24.9 Å². The minimum absolute atomic E-state index is 0.156. The molecule has 3 N–H and O–H groups in total. The van der Waals surface area contributed by atoms with Crippen molar-refractivity contribution in [3.8, 4) is 0 Å². The summed E-state index contributed by atoms with van der Waals surface area (Å²) in [4.78, 5) is 20.5. The lowest BCUT2D eigenvalue weighted by molar-refractivity contribution is 0.00304. The van der Waals surface area contributed by atoms with Gasteiger partial charge in [0.1, 0.15) is 0 Å². The van der Waals surface area contributed by atoms with Gasteiger partial charge in [0.2, 0.25) is 0 Å². The van der Waals surface area contributed by atoms with E-state index in [1.165, 1.54) is 0 Å². The molecule has 106 valence electrons. The Morgan fingerprint density at radius 2 is 1.32 bits per heavy atom. The van der Waals surface area contributed by atoms with Gasteiger partial charge in [-0.2, -0.15) is 0 Å². The minimum atomic E-state index is -0.667. The Morgan fingerprint density at radius 3 is 1.47 bits per heavy atom. The summed E-state index contributed by atoms with van der Waals surface area (Å²) in [5.74, 6) is 0. The molecule has 1 aromatic carbocycles. The van der Waals surface area contributed by atoms with Gasteiger partial charge >= 0.3 is 0 Å². The van der Waals surface area contributed by atoms with Crippen molar-refractivity contribution in [2.75, 3.05) is 19.8 Å². The molecular formula is C14H20O5. The number of benzene rings is 1. The Labute approximate surface area is 112 Å². The number of hydrogen-bond acceptors (Lipinski definition) is 5. The molecule has 0 spiro atoms. The zero-order valence-corrected chi connectivity index (χ0v) is 11.0. The highest BCUT2D eigenvalue weighted by Gasteiger charge is 2.24. The van der Waals surface area contributed by atoms with E-state index < -0.39 is 5.41 Å². The van der Waals surface area contributed by atoms with Crippen LogP contribution >= 0.6 is 0 Å². The maximum absolute atomic E-state index is 10.2. The fourth-order valence-corrected chi connectivity index (χ4v) is 1.21. The summed E-state index contributed by atoms with van der Waals surface area (Å²) in [5.41, 5.74) is 0.218. The molecule has 0 heterocycles. The largest absolute Gasteiger partial charge is 0.396 e. The van der Waals surface area contributed by atoms with E-state index in [0.717, 1.165) is 0 Å². The van der Waals surface area contributed by atoms with E-state index in [1.54, 1.807) is 24.3 Å². The SMILES string of the molecule is CCC(CO)(CO)CO.O=Cc1ccccc1C=O. The number of rotatable bonds is 6. The zero-order valence-electron chi connectivity index (χ0n) is 11.0. The van der Waals surface area contributed by atoms with Crippen molar-refractivity contribution in [1.29, 1.82) is 0 Å². The van der Waals surface area contributed by atoms with Crippen LogP contribution in [0, 0.1) is 5.41 Å². The summed E-state index contributed by atoms with van der Waals surface area (Å²) in [6.45, 7) is 1.35. The van der Waals surface area contributed by atoms with Gasteiger partial charge in [-0.25, -0.2) is 0 Å². The van der Waals surface area contributed by atoms with E-state index in [1.807, 2.05) is 6.92 Å². The van der Waals surface area contributed by atoms with Gasteiger partial charge in [-0.15, -0.1) is 0 Å². The number of carbonyl (C=O) groups excluding carboxylic acids is 2. The Kier molecular flexibility index (Phi) is 8.61. The second-order valence-corrected chi connectivity index (χ2v) is 4.19. The Bertz CT molecular complexity index is 341. The standard InChI is InChI=1S/C8H6O2.C6H14O3/c9-5-7-3-1-2-4-8(7)6-10;1-2-6(3-7,4-8)5-9/h1-6H;7-9H,2-5H2,1H3. The molecular weight excluding hydrogens is 248 g/mol. The van der Waals surface area contributed by atoms with E-state index in [-0.39, 0.29) is 19.8 Å². The van der Waals surface area contributed by atoms with Gasteiger partial charge in [-0.3, -0.25) is 9.59 Å². The monoisotopic (exact) mass is 268 g/mol. The lowest BCUT2D eigenvalue weighted by Gasteiger charge is -2.24. The molecule has 19 heavy (non-hydrogen) atoms. The van der Waals surface area contributed by atoms with Crippen LogP contribution in [-0.4, -0.2) is 47.7 Å². The smallest absolute Gasteiger partial charge is 0.150 e. The molecule has 0 saturated carbocycles. The second kappa shape index (κ2) is 9.38. The molecule has 1 aromatic rings. The van der Waals surface area contributed by atoms with Crippen molar-refractivity contribution >= 4 is 12.6 Å². The number of aliphatic hydroxyl groups is 3. The third-order valence-electron chi connectivity index (χ3n) is 3.01. The van der Waals surface area contributed by atoms with Crippen LogP contribution in [0.5, 0.6) is 0 Å². The molecule has 1 rings (SSSR count). The number of hydrogen-bond donors (Lipinski definition) is 3. The molecule has 5 nitrogen and oxygen atoms in total. The van der Waals surface area contributed by atoms with Gasteiger partial charge in [0.25, 0.3) is 0 Å². The van der Waals surface area contributed by atoms with Gasteiger partial charge in [-0.1, -0.05) is 31.2 Å². The molecule has 0 unspecified atom stereocenters. The number of aliphatic hydroxyl groups excluding tert-OH is 3. The lowest BCUT2D eigenvalue weighted by atomic mass is 9.88. The first-order valence-electron chi connectivity index (χ1n) is 5.95. The highest BCUT2D eigenvalue weighted by atomic mass is 16.3. The van der Waals surface area contributed by atoms with Crippen LogP contribution in [-0.2, 0) is 0 Å². The quantitative estimate of drug-likeness (QED) is 0.659. The Balaban J connectivity index is 0.000000344. The predicted molar refractivity (Wildman–Crippen MR) is 71.2 cm³/mol. The van der Waals surface area contributed by atoms with E-state index in [0.29, 0.717) is 30.1 Å². The van der Waals surface area contributed by atoms with Crippen LogP contribution in [0.2, 0.25) is 0 Å². The van der Waals surface area contributed by atoms with Crippen molar-refractivity contribution in [3.05, 3.63) is 35.4 Å². The maximum Gasteiger partial charge on any atom is 0.150 e. The molecule has 0 bridgehead atoms. The van der Waals surface area contributed by atoms with Gasteiger partial charge in [0, 0.05) is 16.5 Å². The van der Waals surface area contributed by atoms with E-state index in [9.17, 15) is 9.59 Å². The average Bonchev–Trinajstić information content (AvgIpc) is 2.50. The molecule has 0 aliphatic rings. The first-order valence-corrected chi connectivity index (χ1v) is 5.95. The topological polar surface area (TPSA) is 94.8 Å². The third kappa shape index (κ3) is 5.30. The molecule has 0 amide bonds. The molecule has 0 aliphatic carbocycles. The minimum Gasteiger partial charge on any atom is -0.396 e. The molecule has 5 heteroatoms. The normalized spacial score (nSPS) is 10.3. The van der Waals surface area contributed by atoms with Crippen molar-refractivity contribution in [2.24, 2.45) is 5.41 Å². The molecule has 0 radical (unpaired) electrons. The Hall–Kier alpha value is -1.56. The van der Waals surface area contributed by atoms with Crippen LogP contribution in [0.3, 0.4) is 0 Å². The second-order valence-electron chi connectivity index (χ2n) is 4.19. The summed E-state index contributed by atoms with van der Waals surface area (Å²) in [7, 11) is 0. The summed E-state index contributed by atoms with van der Waals surface area (Å²) < 4.78 is 0. The van der Waals surface area contributed by atoms with Crippen LogP contribution in [0.4, 0.5) is 0 Å². The van der Waals surface area contributed by atoms with E-state index >= 15 is 0 Å². The summed E-state index contributed by atoms with van der Waals surface area (Å²) in [6.07, 6.45) is 1.93. The molecule has 0 saturated heterocycles. The maximum atomic E-state index is 10.2. The Morgan fingerprint density at radius 1 is 0.947 bits per heavy atom. The zero-order chi connectivity index (χ0) is 14.7. The van der Waals surface area contributed by atoms with E-state index in [4.69, 9.17) is 15.3 Å². The van der Waals surface area contributed by atoms with Crippen molar-refractivity contribution in [3.63, 3.8) is 0 Å². The summed E-state index contributed by atoms with van der Waals surface area (Å²) in [5, 5.41) is 26.0. The van der Waals surface area contributed by atoms with Gasteiger partial charge < -0.3 is 15.3 Å². The summed E-state index contributed by atoms with van der Waals surface area (Å²) >= 11 is 0. The first kappa shape index (κ1) is 17.4. The number of carbonyl (C=O) groups is 2. The van der Waals surface area contributed by atoms with Crippen LogP contribution in [0.1, 0.15) is 34.1 Å². The number of aldehydes is 2. The third-order valence-corrected chi connectivity index (χ3v) is 3.01. The van der Waals surface area contributed by atoms with Crippen molar-refractivity contribution in [2.45, 2.75) is 13.3 Å². The van der Waals surface area contributed by atoms with Gasteiger partial charge in [0.05, 0.1) is 19.8 Å². The van der Waals surface area contributed by atoms with Crippen LogP contribution < -0.4 is 0 Å². The lowest BCUT2D eigenvalue weighted by Crippen LogP contribution is -2.32. The van der Waals surface area contributed by atoms with Crippen LogP contribution in [0.25, 0.3) is 0 Å². The molecule has 0 fully saturated rings. The predicted octanol–water partition coefficient (Wildman–Crippen LogP) is 0.671. The van der Waals surface area contributed by atoms with Gasteiger partial charge in [0.15, 0.2) is 12.6 Å². The van der Waals surface area contributed by atoms with E-state index in [2.05, 4.69) is 0 Å². The fraction of sp³-hybridized carbons (Fsp3) is 0.429. The average molecular weight is 268 g/mol. The fourth-order valence-electron chi connectivity index (χ4n) is 1.21. The molecule has 0 aliphatic heterocycles. The van der Waals surface area contributed by atoms with Crippen LogP contribution in [0.15, 0.2) is 24.3 Å².